The number of carbonyl (C=O) groups is 1. The number of methoxy groups -OCH3 is 1. The van der Waals surface area contributed by atoms with Crippen LogP contribution >= 0.6 is 0 Å². The zero-order chi connectivity index (χ0) is 19.5. The molecule has 1 aromatic heterocycles. The number of hydrogen-bond donors (Lipinski definition) is 2. The number of aromatic nitrogens is 2. The zero-order valence-corrected chi connectivity index (χ0v) is 15.5. The van der Waals surface area contributed by atoms with Crippen molar-refractivity contribution in [3.63, 3.8) is 0 Å². The van der Waals surface area contributed by atoms with Gasteiger partial charge in [0.05, 0.1) is 18.4 Å². The predicted octanol–water partition coefficient (Wildman–Crippen LogP) is 3.23. The number of nitrogens with one attached hydrogen (secondary N) is 2. The fourth-order valence-corrected chi connectivity index (χ4v) is 3.39. The molecule has 0 spiro atoms. The summed E-state index contributed by atoms with van der Waals surface area (Å²) >= 11 is 0. The predicted molar refractivity (Wildman–Crippen MR) is 105 cm³/mol. The Morgan fingerprint density at radius 1 is 1.25 bits per heavy atom. The molecule has 0 saturated carbocycles. The van der Waals surface area contributed by atoms with E-state index in [2.05, 4.69) is 20.4 Å². The first-order valence-electron chi connectivity index (χ1n) is 9.14. The first-order valence-corrected chi connectivity index (χ1v) is 9.14. The number of nitrogens with zero attached hydrogens (tertiary/aromatic N) is 2. The Bertz CT molecular complexity index is 971. The lowest BCUT2D eigenvalue weighted by atomic mass is 10.1. The zero-order valence-electron chi connectivity index (χ0n) is 15.5. The minimum atomic E-state index is -0.508. The highest BCUT2D eigenvalue weighted by Crippen LogP contribution is 2.26. The van der Waals surface area contributed by atoms with Crippen molar-refractivity contribution in [2.45, 2.75) is 12.5 Å². The van der Waals surface area contributed by atoms with Gasteiger partial charge >= 0.3 is 0 Å². The van der Waals surface area contributed by atoms with Crippen molar-refractivity contribution in [2.75, 3.05) is 25.1 Å². The van der Waals surface area contributed by atoms with E-state index in [4.69, 9.17) is 4.74 Å². The molecule has 144 valence electrons. The summed E-state index contributed by atoms with van der Waals surface area (Å²) in [5, 5.41) is 10.4. The van der Waals surface area contributed by atoms with Crippen LogP contribution in [0.5, 0.6) is 5.75 Å². The molecule has 1 aliphatic rings. The Hall–Kier alpha value is -3.35. The van der Waals surface area contributed by atoms with Gasteiger partial charge in [-0.15, -0.1) is 0 Å². The summed E-state index contributed by atoms with van der Waals surface area (Å²) in [5.41, 5.74) is 2.00. The molecule has 4 rings (SSSR count). The van der Waals surface area contributed by atoms with Crippen LogP contribution in [0.1, 0.15) is 16.8 Å². The van der Waals surface area contributed by atoms with Crippen LogP contribution in [0.25, 0.3) is 11.3 Å². The third-order valence-electron chi connectivity index (χ3n) is 4.93. The lowest BCUT2D eigenvalue weighted by Gasteiger charge is -2.16. The number of rotatable bonds is 5. The summed E-state index contributed by atoms with van der Waals surface area (Å²) in [5.74, 6) is 0.738. The smallest absolute Gasteiger partial charge is 0.254 e. The van der Waals surface area contributed by atoms with E-state index in [1.807, 2.05) is 30.3 Å². The Kier molecular flexibility index (Phi) is 4.97. The summed E-state index contributed by atoms with van der Waals surface area (Å²) in [6, 6.07) is 15.7. The van der Waals surface area contributed by atoms with Crippen LogP contribution in [0.2, 0.25) is 0 Å². The molecule has 7 heteroatoms. The van der Waals surface area contributed by atoms with Crippen LogP contribution < -0.4 is 15.0 Å². The molecule has 2 N–H and O–H groups in total. The highest BCUT2D eigenvalue weighted by molar-refractivity contribution is 5.94. The largest absolute Gasteiger partial charge is 0.497 e. The van der Waals surface area contributed by atoms with Gasteiger partial charge in [0.2, 0.25) is 0 Å². The lowest BCUT2D eigenvalue weighted by Crippen LogP contribution is -2.37. The summed E-state index contributed by atoms with van der Waals surface area (Å²) in [7, 11) is 1.64. The summed E-state index contributed by atoms with van der Waals surface area (Å²) in [4.78, 5) is 14.4. The van der Waals surface area contributed by atoms with E-state index >= 15 is 0 Å². The second kappa shape index (κ2) is 7.72. The van der Waals surface area contributed by atoms with Gasteiger partial charge in [-0.2, -0.15) is 5.10 Å². The van der Waals surface area contributed by atoms with Gasteiger partial charge in [0.25, 0.3) is 5.91 Å². The maximum absolute atomic E-state index is 13.8. The second-order valence-corrected chi connectivity index (χ2v) is 6.75. The van der Waals surface area contributed by atoms with Gasteiger partial charge in [-0.3, -0.25) is 9.89 Å². The summed E-state index contributed by atoms with van der Waals surface area (Å²) in [6.45, 7) is 1.40. The molecule has 0 bridgehead atoms. The van der Waals surface area contributed by atoms with Crippen molar-refractivity contribution in [3.8, 4) is 17.0 Å². The highest BCUT2D eigenvalue weighted by atomic mass is 19.1. The van der Waals surface area contributed by atoms with Crippen molar-refractivity contribution in [3.05, 3.63) is 66.0 Å². The van der Waals surface area contributed by atoms with Gasteiger partial charge in [0.15, 0.2) is 5.82 Å². The van der Waals surface area contributed by atoms with E-state index in [-0.39, 0.29) is 17.5 Å². The van der Waals surface area contributed by atoms with Crippen LogP contribution in [0.3, 0.4) is 0 Å². The molecule has 1 fully saturated rings. The maximum atomic E-state index is 13.8. The topological polar surface area (TPSA) is 70.2 Å². The van der Waals surface area contributed by atoms with Crippen LogP contribution in [-0.4, -0.2) is 42.3 Å². The Morgan fingerprint density at radius 3 is 2.79 bits per heavy atom. The minimum Gasteiger partial charge on any atom is -0.497 e. The van der Waals surface area contributed by atoms with Gasteiger partial charge in [-0.25, -0.2) is 4.39 Å². The van der Waals surface area contributed by atoms with Gasteiger partial charge in [0.1, 0.15) is 11.6 Å². The molecule has 1 aliphatic heterocycles. The van der Waals surface area contributed by atoms with E-state index in [0.717, 1.165) is 35.8 Å². The summed E-state index contributed by atoms with van der Waals surface area (Å²) in [6.07, 6.45) is 0.783. The highest BCUT2D eigenvalue weighted by Gasteiger charge is 2.26. The first-order chi connectivity index (χ1) is 13.6. The molecule has 0 aliphatic carbocycles. The van der Waals surface area contributed by atoms with Crippen molar-refractivity contribution in [2.24, 2.45) is 0 Å². The monoisotopic (exact) mass is 380 g/mol. The summed E-state index contributed by atoms with van der Waals surface area (Å²) < 4.78 is 19.0. The number of aromatic amines is 1. The molecule has 2 heterocycles. The standard InChI is InChI=1S/C21H21FN4O2/c1-28-16-8-6-14(7-9-16)19-12-20(25-24-19)26-11-10-15(13-26)23-21(27)17-4-2-3-5-18(17)22/h2-9,12,15H,10-11,13H2,1H3,(H,23,27)(H,24,25). The molecule has 1 amide bonds. The minimum absolute atomic E-state index is 0.0479. The van der Waals surface area contributed by atoms with E-state index in [0.29, 0.717) is 6.54 Å². The molecule has 1 atom stereocenters. The van der Waals surface area contributed by atoms with Gasteiger partial charge in [0, 0.05) is 25.2 Å². The number of H-pyrrole nitrogens is 1. The average molecular weight is 380 g/mol. The van der Waals surface area contributed by atoms with Crippen LogP contribution in [0, 0.1) is 5.82 Å². The molecular weight excluding hydrogens is 359 g/mol. The van der Waals surface area contributed by atoms with E-state index < -0.39 is 5.82 Å². The van der Waals surface area contributed by atoms with E-state index in [1.54, 1.807) is 19.2 Å². The Labute approximate surface area is 162 Å². The molecule has 2 aromatic carbocycles. The Balaban J connectivity index is 1.40. The third-order valence-corrected chi connectivity index (χ3v) is 4.93. The van der Waals surface area contributed by atoms with Crippen molar-refractivity contribution in [1.29, 1.82) is 0 Å². The second-order valence-electron chi connectivity index (χ2n) is 6.75. The van der Waals surface area contributed by atoms with Crippen molar-refractivity contribution in [1.82, 2.24) is 15.5 Å². The SMILES string of the molecule is COc1ccc(-c2cc(N3CCC(NC(=O)c4ccccc4F)C3)n[nH]2)cc1. The lowest BCUT2D eigenvalue weighted by molar-refractivity contribution is 0.0936. The van der Waals surface area contributed by atoms with Crippen LogP contribution in [-0.2, 0) is 0 Å². The number of anilines is 1. The first kappa shape index (κ1) is 18.0. The number of hydrogen-bond acceptors (Lipinski definition) is 4. The quantitative estimate of drug-likeness (QED) is 0.713. The fourth-order valence-electron chi connectivity index (χ4n) is 3.39. The van der Waals surface area contributed by atoms with Gasteiger partial charge < -0.3 is 15.0 Å². The fraction of sp³-hybridized carbons (Fsp3) is 0.238. The number of carbonyl (C=O) groups excluding carboxylic acids is 1. The number of benzene rings is 2. The maximum Gasteiger partial charge on any atom is 0.254 e. The average Bonchev–Trinajstić information content (AvgIpc) is 3.38. The number of ether oxygens (including phenoxy) is 1. The molecule has 3 aromatic rings. The Morgan fingerprint density at radius 2 is 2.04 bits per heavy atom. The number of halogens is 1. The normalized spacial score (nSPS) is 16.2. The number of amides is 1. The van der Waals surface area contributed by atoms with Gasteiger partial charge in [-0.1, -0.05) is 12.1 Å². The molecule has 1 unspecified atom stereocenters. The van der Waals surface area contributed by atoms with Gasteiger partial charge in [-0.05, 0) is 48.4 Å². The molecule has 1 saturated heterocycles. The molecule has 6 nitrogen and oxygen atoms in total. The van der Waals surface area contributed by atoms with Crippen molar-refractivity contribution >= 4 is 11.7 Å². The van der Waals surface area contributed by atoms with Crippen LogP contribution in [0.15, 0.2) is 54.6 Å². The van der Waals surface area contributed by atoms with Crippen LogP contribution in [0.4, 0.5) is 10.2 Å². The van der Waals surface area contributed by atoms with E-state index in [9.17, 15) is 9.18 Å². The molecule has 0 radical (unpaired) electrons. The third kappa shape index (κ3) is 3.69. The molecular formula is C21H21FN4O2. The van der Waals surface area contributed by atoms with Crippen molar-refractivity contribution < 1.29 is 13.9 Å². The molecule has 28 heavy (non-hydrogen) atoms. The van der Waals surface area contributed by atoms with E-state index in [1.165, 1.54) is 12.1 Å².